The van der Waals surface area contributed by atoms with Crippen LogP contribution in [0.15, 0.2) is 48.5 Å². The van der Waals surface area contributed by atoms with E-state index in [-0.39, 0.29) is 17.9 Å². The van der Waals surface area contributed by atoms with Gasteiger partial charge in [-0.25, -0.2) is 0 Å². The van der Waals surface area contributed by atoms with Gasteiger partial charge in [0.05, 0.1) is 0 Å². The Kier molecular flexibility index (Phi) is 5.27. The van der Waals surface area contributed by atoms with Gasteiger partial charge in [-0.15, -0.1) is 0 Å². The van der Waals surface area contributed by atoms with Crippen LogP contribution < -0.4 is 15.8 Å². The van der Waals surface area contributed by atoms with Crippen LogP contribution in [0.4, 0.5) is 5.69 Å². The Balaban J connectivity index is 1.79. The Bertz CT molecular complexity index is 641. The number of nitrogen functional groups attached to an aromatic ring is 1. The summed E-state index contributed by atoms with van der Waals surface area (Å²) >= 11 is 0. The SMILES string of the molecule is CC(C)(C)c1ccc(OCC(=O)NCc2ccc(N)cc2)cc1. The van der Waals surface area contributed by atoms with Gasteiger partial charge < -0.3 is 15.8 Å². The van der Waals surface area contributed by atoms with Crippen molar-refractivity contribution in [2.45, 2.75) is 32.7 Å². The second-order valence-electron chi connectivity index (χ2n) is 6.58. The predicted molar refractivity (Wildman–Crippen MR) is 93.3 cm³/mol. The molecule has 0 radical (unpaired) electrons. The van der Waals surface area contributed by atoms with Gasteiger partial charge >= 0.3 is 0 Å². The highest BCUT2D eigenvalue weighted by Gasteiger charge is 2.13. The lowest BCUT2D eigenvalue weighted by Crippen LogP contribution is -2.28. The summed E-state index contributed by atoms with van der Waals surface area (Å²) in [5.41, 5.74) is 8.68. The number of rotatable bonds is 5. The molecule has 4 heteroatoms. The molecular formula is C19H24N2O2. The van der Waals surface area contributed by atoms with E-state index < -0.39 is 0 Å². The lowest BCUT2D eigenvalue weighted by molar-refractivity contribution is -0.123. The molecule has 0 saturated heterocycles. The van der Waals surface area contributed by atoms with E-state index >= 15 is 0 Å². The third-order valence-electron chi connectivity index (χ3n) is 3.56. The molecule has 0 aliphatic carbocycles. The number of nitrogens with two attached hydrogens (primary N) is 1. The second-order valence-corrected chi connectivity index (χ2v) is 6.58. The molecule has 0 saturated carbocycles. The summed E-state index contributed by atoms with van der Waals surface area (Å²) in [6, 6.07) is 15.3. The zero-order chi connectivity index (χ0) is 16.9. The van der Waals surface area contributed by atoms with Crippen molar-refractivity contribution in [2.24, 2.45) is 0 Å². The molecule has 0 fully saturated rings. The highest BCUT2D eigenvalue weighted by molar-refractivity contribution is 5.77. The molecule has 23 heavy (non-hydrogen) atoms. The number of carbonyl (C=O) groups excluding carboxylic acids is 1. The van der Waals surface area contributed by atoms with Crippen molar-refractivity contribution in [3.8, 4) is 5.75 Å². The first kappa shape index (κ1) is 16.9. The molecule has 1 amide bonds. The second kappa shape index (κ2) is 7.18. The predicted octanol–water partition coefficient (Wildman–Crippen LogP) is 3.26. The van der Waals surface area contributed by atoms with Gasteiger partial charge in [-0.1, -0.05) is 45.0 Å². The van der Waals surface area contributed by atoms with Crippen LogP contribution >= 0.6 is 0 Å². The molecule has 0 atom stereocenters. The van der Waals surface area contributed by atoms with Gasteiger partial charge in [0.25, 0.3) is 5.91 Å². The lowest BCUT2D eigenvalue weighted by atomic mass is 9.87. The van der Waals surface area contributed by atoms with Crippen LogP contribution in [0, 0.1) is 0 Å². The van der Waals surface area contributed by atoms with Crippen molar-refractivity contribution in [3.05, 3.63) is 59.7 Å². The first-order chi connectivity index (χ1) is 10.8. The minimum atomic E-state index is -0.151. The molecule has 0 aromatic heterocycles. The Morgan fingerprint density at radius 1 is 1.04 bits per heavy atom. The zero-order valence-electron chi connectivity index (χ0n) is 13.9. The van der Waals surface area contributed by atoms with Crippen molar-refractivity contribution in [1.29, 1.82) is 0 Å². The minimum absolute atomic E-state index is 0.00381. The number of carbonyl (C=O) groups is 1. The summed E-state index contributed by atoms with van der Waals surface area (Å²) in [4.78, 5) is 11.8. The number of amides is 1. The number of ether oxygens (including phenoxy) is 1. The standard InChI is InChI=1S/C19H24N2O2/c1-19(2,3)15-6-10-17(11-7-15)23-13-18(22)21-12-14-4-8-16(20)9-5-14/h4-11H,12-13,20H2,1-3H3,(H,21,22). The van der Waals surface area contributed by atoms with E-state index in [0.29, 0.717) is 18.0 Å². The van der Waals surface area contributed by atoms with Gasteiger partial charge in [0.2, 0.25) is 0 Å². The van der Waals surface area contributed by atoms with Crippen LogP contribution in [-0.4, -0.2) is 12.5 Å². The average Bonchev–Trinajstić information content (AvgIpc) is 2.52. The Labute approximate surface area is 137 Å². The molecule has 0 aliphatic rings. The van der Waals surface area contributed by atoms with Gasteiger partial charge in [-0.3, -0.25) is 4.79 Å². The van der Waals surface area contributed by atoms with Gasteiger partial charge in [0.15, 0.2) is 6.61 Å². The molecular weight excluding hydrogens is 288 g/mol. The van der Waals surface area contributed by atoms with Crippen LogP contribution in [0.1, 0.15) is 31.9 Å². The highest BCUT2D eigenvalue weighted by atomic mass is 16.5. The van der Waals surface area contributed by atoms with Gasteiger partial charge in [-0.05, 0) is 40.8 Å². The number of hydrogen-bond donors (Lipinski definition) is 2. The van der Waals surface area contributed by atoms with Crippen molar-refractivity contribution in [1.82, 2.24) is 5.32 Å². The fraction of sp³-hybridized carbons (Fsp3) is 0.316. The zero-order valence-corrected chi connectivity index (χ0v) is 13.9. The fourth-order valence-electron chi connectivity index (χ4n) is 2.09. The molecule has 3 N–H and O–H groups in total. The first-order valence-corrected chi connectivity index (χ1v) is 7.69. The first-order valence-electron chi connectivity index (χ1n) is 7.69. The van der Waals surface area contributed by atoms with Crippen molar-refractivity contribution in [3.63, 3.8) is 0 Å². The normalized spacial score (nSPS) is 11.1. The van der Waals surface area contributed by atoms with E-state index in [1.54, 1.807) is 0 Å². The Morgan fingerprint density at radius 3 is 2.22 bits per heavy atom. The fourth-order valence-corrected chi connectivity index (χ4v) is 2.09. The number of anilines is 1. The minimum Gasteiger partial charge on any atom is -0.484 e. The largest absolute Gasteiger partial charge is 0.484 e. The number of benzene rings is 2. The number of nitrogens with one attached hydrogen (secondary N) is 1. The topological polar surface area (TPSA) is 64.3 Å². The van der Waals surface area contributed by atoms with E-state index in [4.69, 9.17) is 10.5 Å². The summed E-state index contributed by atoms with van der Waals surface area (Å²) in [5, 5.41) is 2.82. The maximum absolute atomic E-state index is 11.8. The van der Waals surface area contributed by atoms with Crippen LogP contribution in [-0.2, 0) is 16.8 Å². The van der Waals surface area contributed by atoms with E-state index in [1.165, 1.54) is 5.56 Å². The lowest BCUT2D eigenvalue weighted by Gasteiger charge is -2.19. The molecule has 2 rings (SSSR count). The smallest absolute Gasteiger partial charge is 0.258 e. The molecule has 2 aromatic carbocycles. The van der Waals surface area contributed by atoms with Crippen LogP contribution in [0.2, 0.25) is 0 Å². The van der Waals surface area contributed by atoms with Crippen LogP contribution in [0.25, 0.3) is 0 Å². The molecule has 2 aromatic rings. The van der Waals surface area contributed by atoms with Crippen LogP contribution in [0.3, 0.4) is 0 Å². The van der Waals surface area contributed by atoms with Crippen molar-refractivity contribution in [2.75, 3.05) is 12.3 Å². The summed E-state index contributed by atoms with van der Waals surface area (Å²) < 4.78 is 5.51. The van der Waals surface area contributed by atoms with Crippen LogP contribution in [0.5, 0.6) is 5.75 Å². The third kappa shape index (κ3) is 5.33. The van der Waals surface area contributed by atoms with Crippen molar-refractivity contribution < 1.29 is 9.53 Å². The maximum Gasteiger partial charge on any atom is 0.258 e. The molecule has 0 aliphatic heterocycles. The number of hydrogen-bond acceptors (Lipinski definition) is 3. The monoisotopic (exact) mass is 312 g/mol. The summed E-state index contributed by atoms with van der Waals surface area (Å²) in [6.07, 6.45) is 0. The Morgan fingerprint density at radius 2 is 1.65 bits per heavy atom. The molecule has 0 unspecified atom stereocenters. The summed E-state index contributed by atoms with van der Waals surface area (Å²) in [7, 11) is 0. The van der Waals surface area contributed by atoms with E-state index in [1.807, 2.05) is 48.5 Å². The average molecular weight is 312 g/mol. The summed E-state index contributed by atoms with van der Waals surface area (Å²) in [5.74, 6) is 0.544. The third-order valence-corrected chi connectivity index (χ3v) is 3.56. The molecule has 0 heterocycles. The summed E-state index contributed by atoms with van der Waals surface area (Å²) in [6.45, 7) is 6.95. The molecule has 4 nitrogen and oxygen atoms in total. The van der Waals surface area contributed by atoms with E-state index in [0.717, 1.165) is 5.56 Å². The Hall–Kier alpha value is -2.49. The van der Waals surface area contributed by atoms with Gasteiger partial charge in [-0.2, -0.15) is 0 Å². The molecule has 122 valence electrons. The maximum atomic E-state index is 11.8. The molecule has 0 spiro atoms. The van der Waals surface area contributed by atoms with E-state index in [2.05, 4.69) is 26.1 Å². The molecule has 0 bridgehead atoms. The van der Waals surface area contributed by atoms with E-state index in [9.17, 15) is 4.79 Å². The van der Waals surface area contributed by atoms with Gasteiger partial charge in [0.1, 0.15) is 5.75 Å². The highest BCUT2D eigenvalue weighted by Crippen LogP contribution is 2.24. The van der Waals surface area contributed by atoms with Gasteiger partial charge in [0, 0.05) is 12.2 Å². The van der Waals surface area contributed by atoms with Crippen molar-refractivity contribution >= 4 is 11.6 Å². The quantitative estimate of drug-likeness (QED) is 0.833.